The van der Waals surface area contributed by atoms with Crippen molar-refractivity contribution in [3.8, 4) is 0 Å². The molecule has 0 aliphatic carbocycles. The first kappa shape index (κ1) is 10.7. The first-order valence-corrected chi connectivity index (χ1v) is 5.97. The standard InChI is InChI=1S/C14H21N/c1-10-4-5-14(12(3)11(10)2)13-6-8-15-9-7-13/h4-5,13,15H,6-9H2,1-3H3. The van der Waals surface area contributed by atoms with Crippen molar-refractivity contribution < 1.29 is 0 Å². The van der Waals surface area contributed by atoms with Crippen LogP contribution in [-0.4, -0.2) is 13.1 Å². The Morgan fingerprint density at radius 1 is 1.00 bits per heavy atom. The molecule has 15 heavy (non-hydrogen) atoms. The summed E-state index contributed by atoms with van der Waals surface area (Å²) in [5, 5.41) is 3.43. The summed E-state index contributed by atoms with van der Waals surface area (Å²) in [5.41, 5.74) is 6.00. The van der Waals surface area contributed by atoms with Gasteiger partial charge in [0, 0.05) is 0 Å². The Labute approximate surface area is 92.9 Å². The highest BCUT2D eigenvalue weighted by atomic mass is 14.9. The van der Waals surface area contributed by atoms with Gasteiger partial charge in [0.25, 0.3) is 0 Å². The maximum atomic E-state index is 3.43. The van der Waals surface area contributed by atoms with E-state index >= 15 is 0 Å². The molecule has 1 nitrogen and oxygen atoms in total. The van der Waals surface area contributed by atoms with Gasteiger partial charge in [0.2, 0.25) is 0 Å². The zero-order valence-electron chi connectivity index (χ0n) is 10.1. The van der Waals surface area contributed by atoms with Crippen molar-refractivity contribution in [2.75, 3.05) is 13.1 Å². The maximum absolute atomic E-state index is 3.43. The number of aryl methyl sites for hydroxylation is 1. The van der Waals surface area contributed by atoms with Crippen molar-refractivity contribution in [2.24, 2.45) is 0 Å². The molecule has 0 unspecified atom stereocenters. The Morgan fingerprint density at radius 3 is 2.33 bits per heavy atom. The Balaban J connectivity index is 2.31. The smallest absolute Gasteiger partial charge is 0.00431 e. The lowest BCUT2D eigenvalue weighted by Crippen LogP contribution is -2.27. The largest absolute Gasteiger partial charge is 0.317 e. The number of rotatable bonds is 1. The molecule has 82 valence electrons. The minimum absolute atomic E-state index is 0.783. The van der Waals surface area contributed by atoms with Crippen LogP contribution in [0.2, 0.25) is 0 Å². The van der Waals surface area contributed by atoms with Crippen molar-refractivity contribution >= 4 is 0 Å². The maximum Gasteiger partial charge on any atom is -0.00431 e. The van der Waals surface area contributed by atoms with E-state index in [1.54, 1.807) is 5.56 Å². The molecule has 1 N–H and O–H groups in total. The van der Waals surface area contributed by atoms with E-state index in [0.29, 0.717) is 0 Å². The van der Waals surface area contributed by atoms with Crippen LogP contribution < -0.4 is 5.32 Å². The summed E-state index contributed by atoms with van der Waals surface area (Å²) in [7, 11) is 0. The summed E-state index contributed by atoms with van der Waals surface area (Å²) in [6.45, 7) is 9.08. The van der Waals surface area contributed by atoms with E-state index in [1.165, 1.54) is 42.6 Å². The van der Waals surface area contributed by atoms with Gasteiger partial charge in [-0.1, -0.05) is 12.1 Å². The third-order valence-corrected chi connectivity index (χ3v) is 3.88. The van der Waals surface area contributed by atoms with Crippen molar-refractivity contribution in [2.45, 2.75) is 39.5 Å². The van der Waals surface area contributed by atoms with Gasteiger partial charge >= 0.3 is 0 Å². The molecule has 0 amide bonds. The fourth-order valence-corrected chi connectivity index (χ4v) is 2.55. The molecule has 0 radical (unpaired) electrons. The van der Waals surface area contributed by atoms with E-state index in [4.69, 9.17) is 0 Å². The highest BCUT2D eigenvalue weighted by Gasteiger charge is 2.17. The van der Waals surface area contributed by atoms with Gasteiger partial charge in [-0.3, -0.25) is 0 Å². The molecule has 1 aromatic rings. The number of piperidine rings is 1. The molecular formula is C14H21N. The predicted octanol–water partition coefficient (Wildman–Crippen LogP) is 3.08. The molecule has 0 saturated carbocycles. The van der Waals surface area contributed by atoms with E-state index in [2.05, 4.69) is 38.2 Å². The van der Waals surface area contributed by atoms with Gasteiger partial charge in [-0.15, -0.1) is 0 Å². The molecule has 1 saturated heterocycles. The molecule has 2 rings (SSSR count). The number of benzene rings is 1. The predicted molar refractivity (Wildman–Crippen MR) is 65.5 cm³/mol. The van der Waals surface area contributed by atoms with Crippen LogP contribution in [0.5, 0.6) is 0 Å². The molecule has 1 aliphatic heterocycles. The molecule has 1 aliphatic rings. The summed E-state index contributed by atoms with van der Waals surface area (Å²) in [4.78, 5) is 0. The summed E-state index contributed by atoms with van der Waals surface area (Å²) in [5.74, 6) is 0.783. The van der Waals surface area contributed by atoms with E-state index in [0.717, 1.165) is 5.92 Å². The van der Waals surface area contributed by atoms with Crippen LogP contribution in [0.1, 0.15) is 41.0 Å². The van der Waals surface area contributed by atoms with Crippen LogP contribution in [-0.2, 0) is 0 Å². The molecule has 1 heterocycles. The summed E-state index contributed by atoms with van der Waals surface area (Å²) >= 11 is 0. The monoisotopic (exact) mass is 203 g/mol. The van der Waals surface area contributed by atoms with Crippen molar-refractivity contribution in [1.82, 2.24) is 5.32 Å². The molecule has 0 bridgehead atoms. The summed E-state index contributed by atoms with van der Waals surface area (Å²) < 4.78 is 0. The van der Waals surface area contributed by atoms with Crippen molar-refractivity contribution in [3.05, 3.63) is 34.4 Å². The first-order chi connectivity index (χ1) is 7.20. The van der Waals surface area contributed by atoms with Gasteiger partial charge in [-0.05, 0) is 74.9 Å². The van der Waals surface area contributed by atoms with Crippen molar-refractivity contribution in [3.63, 3.8) is 0 Å². The molecule has 1 heteroatoms. The van der Waals surface area contributed by atoms with Gasteiger partial charge in [0.15, 0.2) is 0 Å². The lowest BCUT2D eigenvalue weighted by atomic mass is 9.85. The lowest BCUT2D eigenvalue weighted by molar-refractivity contribution is 0.459. The highest BCUT2D eigenvalue weighted by Crippen LogP contribution is 2.30. The van der Waals surface area contributed by atoms with Crippen LogP contribution >= 0.6 is 0 Å². The first-order valence-electron chi connectivity index (χ1n) is 5.97. The Bertz CT molecular complexity index is 349. The average molecular weight is 203 g/mol. The van der Waals surface area contributed by atoms with E-state index < -0.39 is 0 Å². The van der Waals surface area contributed by atoms with Crippen LogP contribution in [0.3, 0.4) is 0 Å². The summed E-state index contributed by atoms with van der Waals surface area (Å²) in [6, 6.07) is 4.62. The average Bonchev–Trinajstić information content (AvgIpc) is 2.27. The number of nitrogens with one attached hydrogen (secondary N) is 1. The van der Waals surface area contributed by atoms with Gasteiger partial charge in [0.1, 0.15) is 0 Å². The third-order valence-electron chi connectivity index (χ3n) is 3.88. The van der Waals surface area contributed by atoms with Crippen LogP contribution in [0.15, 0.2) is 12.1 Å². The second-order valence-electron chi connectivity index (χ2n) is 4.75. The minimum atomic E-state index is 0.783. The van der Waals surface area contributed by atoms with E-state index in [1.807, 2.05) is 0 Å². The fraction of sp³-hybridized carbons (Fsp3) is 0.571. The van der Waals surface area contributed by atoms with Crippen LogP contribution in [0.4, 0.5) is 0 Å². The van der Waals surface area contributed by atoms with Gasteiger partial charge < -0.3 is 5.32 Å². The van der Waals surface area contributed by atoms with Crippen LogP contribution in [0, 0.1) is 20.8 Å². The molecule has 1 fully saturated rings. The number of hydrogen-bond donors (Lipinski definition) is 1. The molecule has 0 atom stereocenters. The molecule has 0 spiro atoms. The zero-order chi connectivity index (χ0) is 10.8. The number of hydrogen-bond acceptors (Lipinski definition) is 1. The fourth-order valence-electron chi connectivity index (χ4n) is 2.55. The summed E-state index contributed by atoms with van der Waals surface area (Å²) in [6.07, 6.45) is 2.59. The van der Waals surface area contributed by atoms with Crippen LogP contribution in [0.25, 0.3) is 0 Å². The minimum Gasteiger partial charge on any atom is -0.317 e. The second-order valence-corrected chi connectivity index (χ2v) is 4.75. The zero-order valence-corrected chi connectivity index (χ0v) is 10.1. The molecular weight excluding hydrogens is 182 g/mol. The highest BCUT2D eigenvalue weighted by molar-refractivity contribution is 5.40. The topological polar surface area (TPSA) is 12.0 Å². The van der Waals surface area contributed by atoms with Gasteiger partial charge in [-0.25, -0.2) is 0 Å². The lowest BCUT2D eigenvalue weighted by Gasteiger charge is -2.25. The SMILES string of the molecule is Cc1ccc(C2CCNCC2)c(C)c1C. The van der Waals surface area contributed by atoms with E-state index in [9.17, 15) is 0 Å². The Hall–Kier alpha value is -0.820. The second kappa shape index (κ2) is 4.36. The third kappa shape index (κ3) is 2.07. The Kier molecular flexibility index (Phi) is 3.11. The van der Waals surface area contributed by atoms with Gasteiger partial charge in [-0.2, -0.15) is 0 Å². The van der Waals surface area contributed by atoms with E-state index in [-0.39, 0.29) is 0 Å². The quantitative estimate of drug-likeness (QED) is 0.739. The van der Waals surface area contributed by atoms with Crippen molar-refractivity contribution in [1.29, 1.82) is 0 Å². The normalized spacial score (nSPS) is 18.1. The molecule has 1 aromatic carbocycles. The Morgan fingerprint density at radius 2 is 1.67 bits per heavy atom. The van der Waals surface area contributed by atoms with Gasteiger partial charge in [0.05, 0.1) is 0 Å². The molecule has 0 aromatic heterocycles.